The predicted molar refractivity (Wildman–Crippen MR) is 77.9 cm³/mol. The van der Waals surface area contributed by atoms with Crippen LogP contribution in [0.5, 0.6) is 5.75 Å². The van der Waals surface area contributed by atoms with E-state index < -0.39 is 10.8 Å². The van der Waals surface area contributed by atoms with Gasteiger partial charge in [0.2, 0.25) is 0 Å². The molecule has 1 unspecified atom stereocenters. The minimum Gasteiger partial charge on any atom is -0.486 e. The Bertz CT molecular complexity index is 491. The van der Waals surface area contributed by atoms with Crippen LogP contribution in [0.3, 0.4) is 0 Å². The van der Waals surface area contributed by atoms with Crippen LogP contribution >= 0.6 is 0 Å². The molecule has 3 nitrogen and oxygen atoms in total. The van der Waals surface area contributed by atoms with Crippen molar-refractivity contribution in [3.63, 3.8) is 0 Å². The molecule has 0 bridgehead atoms. The van der Waals surface area contributed by atoms with Gasteiger partial charge < -0.3 is 10.1 Å². The molecule has 1 aromatic carbocycles. The summed E-state index contributed by atoms with van der Waals surface area (Å²) in [7, 11) is -0.600. The first-order valence-corrected chi connectivity index (χ1v) is 8.44. The van der Waals surface area contributed by atoms with Crippen molar-refractivity contribution in [1.29, 1.82) is 0 Å². The molecule has 104 valence electrons. The highest BCUT2D eigenvalue weighted by atomic mass is 32.2. The van der Waals surface area contributed by atoms with Crippen LogP contribution in [0.2, 0.25) is 0 Å². The number of hydrogen-bond donors (Lipinski definition) is 1. The van der Waals surface area contributed by atoms with E-state index >= 15 is 0 Å². The maximum absolute atomic E-state index is 11.4. The molecule has 0 saturated carbocycles. The highest BCUT2D eigenvalue weighted by molar-refractivity contribution is 7.85. The molecular weight excluding hydrogens is 258 g/mol. The maximum atomic E-state index is 11.4. The van der Waals surface area contributed by atoms with E-state index in [2.05, 4.69) is 31.3 Å². The molecule has 0 aromatic heterocycles. The van der Waals surface area contributed by atoms with Crippen LogP contribution in [0.1, 0.15) is 38.3 Å². The summed E-state index contributed by atoms with van der Waals surface area (Å²) in [6.07, 6.45) is 2.00. The minimum absolute atomic E-state index is 0.222. The molecule has 1 aromatic rings. The number of fused-ring (bicyclic) bond motifs is 1. The largest absolute Gasteiger partial charge is 0.486 e. The fraction of sp³-hybridized carbons (Fsp3) is 0.600. The zero-order chi connectivity index (χ0) is 13.5. The Morgan fingerprint density at radius 2 is 1.95 bits per heavy atom. The lowest BCUT2D eigenvalue weighted by atomic mass is 9.93. The Kier molecular flexibility index (Phi) is 3.39. The third-order valence-electron chi connectivity index (χ3n) is 4.09. The summed E-state index contributed by atoms with van der Waals surface area (Å²) >= 11 is 0. The van der Waals surface area contributed by atoms with E-state index in [-0.39, 0.29) is 11.6 Å². The summed E-state index contributed by atoms with van der Waals surface area (Å²) < 4.78 is 17.5. The number of rotatable bonds is 2. The van der Waals surface area contributed by atoms with Gasteiger partial charge in [0.05, 0.1) is 6.04 Å². The number of hydrogen-bond acceptors (Lipinski definition) is 3. The lowest BCUT2D eigenvalue weighted by molar-refractivity contribution is 0.0901. The summed E-state index contributed by atoms with van der Waals surface area (Å²) in [5, 5.41) is 3.73. The molecular formula is C15H21NO2S. The van der Waals surface area contributed by atoms with E-state index in [0.717, 1.165) is 30.1 Å². The molecule has 3 rings (SSSR count). The Labute approximate surface area is 117 Å². The van der Waals surface area contributed by atoms with Crippen molar-refractivity contribution in [2.24, 2.45) is 0 Å². The van der Waals surface area contributed by atoms with Crippen molar-refractivity contribution in [3.05, 3.63) is 29.8 Å². The fourth-order valence-corrected chi connectivity index (χ4v) is 4.31. The van der Waals surface area contributed by atoms with E-state index in [9.17, 15) is 4.21 Å². The SMILES string of the molecule is CC1(C)Oc2ccccc2C1NC1CCS(=O)CC1. The Balaban J connectivity index is 1.77. The first-order chi connectivity index (χ1) is 9.06. The number of ether oxygens (including phenoxy) is 1. The second-order valence-corrected chi connectivity index (χ2v) is 7.66. The van der Waals surface area contributed by atoms with Crippen LogP contribution < -0.4 is 10.1 Å². The van der Waals surface area contributed by atoms with Crippen molar-refractivity contribution >= 4 is 10.8 Å². The quantitative estimate of drug-likeness (QED) is 0.903. The molecule has 1 fully saturated rings. The normalized spacial score (nSPS) is 32.6. The Hall–Kier alpha value is -0.870. The zero-order valence-electron chi connectivity index (χ0n) is 11.5. The topological polar surface area (TPSA) is 38.3 Å². The van der Waals surface area contributed by atoms with Gasteiger partial charge in [-0.1, -0.05) is 18.2 Å². The molecule has 1 atom stereocenters. The average molecular weight is 279 g/mol. The van der Waals surface area contributed by atoms with Gasteiger partial charge in [-0.3, -0.25) is 4.21 Å². The monoisotopic (exact) mass is 279 g/mol. The molecule has 19 heavy (non-hydrogen) atoms. The van der Waals surface area contributed by atoms with Crippen LogP contribution in [0.15, 0.2) is 24.3 Å². The van der Waals surface area contributed by atoms with Gasteiger partial charge in [0, 0.05) is 33.9 Å². The molecule has 0 radical (unpaired) electrons. The molecule has 1 saturated heterocycles. The van der Waals surface area contributed by atoms with Crippen LogP contribution in [0.25, 0.3) is 0 Å². The van der Waals surface area contributed by atoms with E-state index in [1.807, 2.05) is 12.1 Å². The van der Waals surface area contributed by atoms with Gasteiger partial charge in [-0.25, -0.2) is 0 Å². The van der Waals surface area contributed by atoms with Gasteiger partial charge in [0.25, 0.3) is 0 Å². The first kappa shape index (κ1) is 13.1. The zero-order valence-corrected chi connectivity index (χ0v) is 12.3. The van der Waals surface area contributed by atoms with Crippen LogP contribution in [0.4, 0.5) is 0 Å². The van der Waals surface area contributed by atoms with E-state index in [1.165, 1.54) is 5.56 Å². The van der Waals surface area contributed by atoms with E-state index in [0.29, 0.717) is 6.04 Å². The van der Waals surface area contributed by atoms with Gasteiger partial charge in [0.1, 0.15) is 11.4 Å². The Morgan fingerprint density at radius 1 is 1.26 bits per heavy atom. The van der Waals surface area contributed by atoms with Crippen molar-refractivity contribution in [3.8, 4) is 5.75 Å². The van der Waals surface area contributed by atoms with Gasteiger partial charge in [0.15, 0.2) is 0 Å². The number of nitrogens with one attached hydrogen (secondary N) is 1. The molecule has 2 heterocycles. The maximum Gasteiger partial charge on any atom is 0.125 e. The standard InChI is InChI=1S/C15H21NO2S/c1-15(2)14(12-5-3-4-6-13(12)18-15)16-11-7-9-19(17)10-8-11/h3-6,11,14,16H,7-10H2,1-2H3. The van der Waals surface area contributed by atoms with Crippen molar-refractivity contribution in [2.75, 3.05) is 11.5 Å². The average Bonchev–Trinajstić information content (AvgIpc) is 2.63. The van der Waals surface area contributed by atoms with Crippen LogP contribution in [-0.2, 0) is 10.8 Å². The smallest absolute Gasteiger partial charge is 0.125 e. The third-order valence-corrected chi connectivity index (χ3v) is 5.47. The van der Waals surface area contributed by atoms with Gasteiger partial charge in [-0.15, -0.1) is 0 Å². The summed E-state index contributed by atoms with van der Waals surface area (Å²) in [5.74, 6) is 2.64. The summed E-state index contributed by atoms with van der Waals surface area (Å²) in [6, 6.07) is 8.93. The van der Waals surface area contributed by atoms with Gasteiger partial charge in [-0.05, 0) is 32.8 Å². The summed E-state index contributed by atoms with van der Waals surface area (Å²) in [4.78, 5) is 0. The Morgan fingerprint density at radius 3 is 2.68 bits per heavy atom. The summed E-state index contributed by atoms with van der Waals surface area (Å²) in [6.45, 7) is 4.26. The minimum atomic E-state index is -0.600. The molecule has 0 aliphatic carbocycles. The van der Waals surface area contributed by atoms with E-state index in [1.54, 1.807) is 0 Å². The lowest BCUT2D eigenvalue weighted by Gasteiger charge is -2.32. The van der Waals surface area contributed by atoms with Crippen LogP contribution in [0, 0.1) is 0 Å². The molecule has 1 N–H and O–H groups in total. The summed E-state index contributed by atoms with van der Waals surface area (Å²) in [5.41, 5.74) is 1.03. The van der Waals surface area contributed by atoms with Gasteiger partial charge >= 0.3 is 0 Å². The van der Waals surface area contributed by atoms with Crippen LogP contribution in [-0.4, -0.2) is 27.4 Å². The second kappa shape index (κ2) is 4.91. The lowest BCUT2D eigenvalue weighted by Crippen LogP contribution is -2.45. The molecule has 4 heteroatoms. The van der Waals surface area contributed by atoms with E-state index in [4.69, 9.17) is 4.74 Å². The van der Waals surface area contributed by atoms with Crippen molar-refractivity contribution in [1.82, 2.24) is 5.32 Å². The molecule has 0 amide bonds. The predicted octanol–water partition coefficient (Wildman–Crippen LogP) is 2.40. The highest BCUT2D eigenvalue weighted by Gasteiger charge is 2.41. The second-order valence-electron chi connectivity index (χ2n) is 5.97. The molecule has 2 aliphatic rings. The van der Waals surface area contributed by atoms with Gasteiger partial charge in [-0.2, -0.15) is 0 Å². The van der Waals surface area contributed by atoms with Crippen molar-refractivity contribution in [2.45, 2.75) is 44.4 Å². The number of para-hydroxylation sites is 1. The highest BCUT2D eigenvalue weighted by Crippen LogP contribution is 2.43. The first-order valence-electron chi connectivity index (χ1n) is 6.95. The molecule has 0 spiro atoms. The van der Waals surface area contributed by atoms with Crippen molar-refractivity contribution < 1.29 is 8.95 Å². The molecule has 2 aliphatic heterocycles. The fourth-order valence-electron chi connectivity index (χ4n) is 3.02. The third kappa shape index (κ3) is 2.56. The number of benzene rings is 1.